The van der Waals surface area contributed by atoms with Crippen molar-refractivity contribution in [3.05, 3.63) is 41.0 Å². The molecule has 1 fully saturated rings. The molecule has 4 rings (SSSR count). The van der Waals surface area contributed by atoms with Gasteiger partial charge in [-0.05, 0) is 42.7 Å². The molecule has 1 aliphatic rings. The number of nitrogens with one attached hydrogen (secondary N) is 1. The van der Waals surface area contributed by atoms with E-state index >= 15 is 0 Å². The highest BCUT2D eigenvalue weighted by Crippen LogP contribution is 2.40. The molecule has 0 radical (unpaired) electrons. The molecule has 12 heteroatoms. The third-order valence-corrected chi connectivity index (χ3v) is 7.99. The minimum absolute atomic E-state index is 0.0363. The van der Waals surface area contributed by atoms with E-state index in [1.165, 1.54) is 17.4 Å². The van der Waals surface area contributed by atoms with Gasteiger partial charge in [0.15, 0.2) is 5.13 Å². The first-order valence-electron chi connectivity index (χ1n) is 11.0. The normalized spacial score (nSPS) is 14.3. The number of nitrogens with two attached hydrogens (primary N) is 1. The molecule has 2 aromatic carbocycles. The van der Waals surface area contributed by atoms with E-state index in [9.17, 15) is 13.2 Å². The van der Waals surface area contributed by atoms with Crippen LogP contribution in [-0.2, 0) is 25.9 Å². The van der Waals surface area contributed by atoms with E-state index in [2.05, 4.69) is 15.2 Å². The summed E-state index contributed by atoms with van der Waals surface area (Å²) in [6.45, 7) is 4.80. The SMILES string of the molecule is COCCc1ccc(C(=O)Nc2nc3c(OC)ccc(N4CCOCC4)c3s2)c(S(N)(=O)=O)c1C. The molecule has 1 aliphatic heterocycles. The minimum atomic E-state index is -4.16. The standard InChI is InChI=1S/C23H28N4O6S2/c1-14-15(8-11-31-2)4-5-16(21(14)35(24,29)30)22(28)26-23-25-19-18(32-3)7-6-17(20(19)34-23)27-9-12-33-13-10-27/h4-7H,8-13H2,1-3H3,(H2,24,29,30)(H,25,26,28). The van der Waals surface area contributed by atoms with Crippen LogP contribution in [0.15, 0.2) is 29.2 Å². The molecule has 10 nitrogen and oxygen atoms in total. The predicted molar refractivity (Wildman–Crippen MR) is 135 cm³/mol. The average Bonchev–Trinajstić information content (AvgIpc) is 3.25. The van der Waals surface area contributed by atoms with Gasteiger partial charge in [-0.15, -0.1) is 0 Å². The van der Waals surface area contributed by atoms with Crippen LogP contribution in [0.5, 0.6) is 5.75 Å². The molecule has 0 spiro atoms. The van der Waals surface area contributed by atoms with Crippen LogP contribution in [-0.4, -0.2) is 66.4 Å². The first-order chi connectivity index (χ1) is 16.7. The maximum absolute atomic E-state index is 13.2. The number of anilines is 2. The van der Waals surface area contributed by atoms with Gasteiger partial charge >= 0.3 is 0 Å². The second-order valence-electron chi connectivity index (χ2n) is 8.05. The zero-order valence-corrected chi connectivity index (χ0v) is 21.4. The second-order valence-corrected chi connectivity index (χ2v) is 10.5. The number of hydrogen-bond acceptors (Lipinski definition) is 9. The van der Waals surface area contributed by atoms with Crippen LogP contribution in [0.4, 0.5) is 10.8 Å². The maximum Gasteiger partial charge on any atom is 0.258 e. The minimum Gasteiger partial charge on any atom is -0.494 e. The fraction of sp³-hybridized carbons (Fsp3) is 0.391. The van der Waals surface area contributed by atoms with Crippen LogP contribution in [0.25, 0.3) is 10.2 Å². The molecule has 2 heterocycles. The number of nitrogens with zero attached hydrogens (tertiary/aromatic N) is 2. The molecule has 1 amide bonds. The summed E-state index contributed by atoms with van der Waals surface area (Å²) in [5.74, 6) is -0.0290. The van der Waals surface area contributed by atoms with Crippen LogP contribution in [0, 0.1) is 6.92 Å². The Morgan fingerprint density at radius 3 is 2.63 bits per heavy atom. The number of amides is 1. The summed E-state index contributed by atoms with van der Waals surface area (Å²) in [6, 6.07) is 7.01. The average molecular weight is 521 g/mol. The van der Waals surface area contributed by atoms with Gasteiger partial charge in [0, 0.05) is 20.2 Å². The Labute approximate surface area is 208 Å². The molecule has 188 valence electrons. The summed E-state index contributed by atoms with van der Waals surface area (Å²) in [6.07, 6.45) is 0.495. The highest BCUT2D eigenvalue weighted by Gasteiger charge is 2.25. The van der Waals surface area contributed by atoms with Crippen molar-refractivity contribution < 1.29 is 27.4 Å². The van der Waals surface area contributed by atoms with Gasteiger partial charge in [0.25, 0.3) is 5.91 Å². The zero-order valence-electron chi connectivity index (χ0n) is 19.8. The van der Waals surface area contributed by atoms with Gasteiger partial charge in [-0.25, -0.2) is 18.5 Å². The number of fused-ring (bicyclic) bond motifs is 1. The van der Waals surface area contributed by atoms with E-state index < -0.39 is 15.9 Å². The van der Waals surface area contributed by atoms with E-state index in [4.69, 9.17) is 19.3 Å². The van der Waals surface area contributed by atoms with Crippen molar-refractivity contribution in [3.63, 3.8) is 0 Å². The maximum atomic E-state index is 13.2. The summed E-state index contributed by atoms with van der Waals surface area (Å²) in [4.78, 5) is 19.8. The van der Waals surface area contributed by atoms with E-state index in [-0.39, 0.29) is 10.5 Å². The summed E-state index contributed by atoms with van der Waals surface area (Å²) in [5, 5.41) is 8.59. The molecule has 1 aromatic heterocycles. The van der Waals surface area contributed by atoms with Crippen LogP contribution in [0.2, 0.25) is 0 Å². The lowest BCUT2D eigenvalue weighted by atomic mass is 10.0. The van der Waals surface area contributed by atoms with Gasteiger partial charge in [0.05, 0.1) is 47.8 Å². The van der Waals surface area contributed by atoms with Crippen molar-refractivity contribution in [1.82, 2.24) is 4.98 Å². The number of carbonyl (C=O) groups excluding carboxylic acids is 1. The number of thiazole rings is 1. The number of methoxy groups -OCH3 is 2. The zero-order chi connectivity index (χ0) is 25.2. The van der Waals surface area contributed by atoms with Gasteiger partial charge in [-0.2, -0.15) is 0 Å². The lowest BCUT2D eigenvalue weighted by Gasteiger charge is -2.29. The van der Waals surface area contributed by atoms with Crippen molar-refractivity contribution in [2.75, 3.05) is 57.3 Å². The van der Waals surface area contributed by atoms with Crippen molar-refractivity contribution in [1.29, 1.82) is 0 Å². The summed E-state index contributed by atoms with van der Waals surface area (Å²) in [5.41, 5.74) is 2.73. The van der Waals surface area contributed by atoms with Gasteiger partial charge in [-0.1, -0.05) is 17.4 Å². The molecular weight excluding hydrogens is 492 g/mol. The van der Waals surface area contributed by atoms with Gasteiger partial charge < -0.3 is 19.1 Å². The van der Waals surface area contributed by atoms with E-state index in [1.54, 1.807) is 27.2 Å². The Kier molecular flexibility index (Phi) is 7.57. The van der Waals surface area contributed by atoms with Crippen molar-refractivity contribution in [2.45, 2.75) is 18.2 Å². The van der Waals surface area contributed by atoms with Crippen LogP contribution in [0.1, 0.15) is 21.5 Å². The number of hydrogen-bond donors (Lipinski definition) is 2. The largest absolute Gasteiger partial charge is 0.494 e. The molecule has 0 saturated carbocycles. The van der Waals surface area contributed by atoms with Crippen LogP contribution < -0.4 is 20.1 Å². The van der Waals surface area contributed by atoms with Crippen molar-refractivity contribution in [2.24, 2.45) is 5.14 Å². The molecule has 1 saturated heterocycles. The molecule has 0 atom stereocenters. The van der Waals surface area contributed by atoms with Gasteiger partial charge in [0.1, 0.15) is 11.3 Å². The summed E-state index contributed by atoms with van der Waals surface area (Å²) in [7, 11) is -1.04. The fourth-order valence-electron chi connectivity index (χ4n) is 4.17. The second kappa shape index (κ2) is 10.5. The number of morpholine rings is 1. The molecule has 0 aliphatic carbocycles. The Balaban J connectivity index is 1.71. The predicted octanol–water partition coefficient (Wildman–Crippen LogP) is 2.54. The number of primary sulfonamides is 1. The number of rotatable bonds is 8. The third-order valence-electron chi connectivity index (χ3n) is 5.90. The first kappa shape index (κ1) is 25.3. The van der Waals surface area contributed by atoms with Crippen molar-refractivity contribution in [3.8, 4) is 5.75 Å². The highest BCUT2D eigenvalue weighted by atomic mass is 32.2. The topological polar surface area (TPSA) is 133 Å². The number of sulfonamides is 1. The van der Waals surface area contributed by atoms with E-state index in [0.717, 1.165) is 29.0 Å². The summed E-state index contributed by atoms with van der Waals surface area (Å²) >= 11 is 1.30. The first-order valence-corrected chi connectivity index (χ1v) is 13.4. The monoisotopic (exact) mass is 520 g/mol. The number of benzene rings is 2. The van der Waals surface area contributed by atoms with Gasteiger partial charge in [0.2, 0.25) is 10.0 Å². The summed E-state index contributed by atoms with van der Waals surface area (Å²) < 4.78 is 41.7. The fourth-order valence-corrected chi connectivity index (χ4v) is 6.21. The molecule has 3 N–H and O–H groups in total. The number of ether oxygens (including phenoxy) is 3. The molecule has 0 bridgehead atoms. The quantitative estimate of drug-likeness (QED) is 0.463. The van der Waals surface area contributed by atoms with Crippen molar-refractivity contribution >= 4 is 48.3 Å². The van der Waals surface area contributed by atoms with E-state index in [1.807, 2.05) is 12.1 Å². The molecule has 35 heavy (non-hydrogen) atoms. The number of carbonyl (C=O) groups is 1. The van der Waals surface area contributed by atoms with Crippen LogP contribution >= 0.6 is 11.3 Å². The molecule has 0 unspecified atom stereocenters. The van der Waals surface area contributed by atoms with E-state index in [0.29, 0.717) is 48.2 Å². The Morgan fingerprint density at radius 1 is 1.23 bits per heavy atom. The lowest BCUT2D eigenvalue weighted by Crippen LogP contribution is -2.36. The third kappa shape index (κ3) is 5.26. The molecular formula is C23H28N4O6S2. The van der Waals surface area contributed by atoms with Crippen LogP contribution in [0.3, 0.4) is 0 Å². The Hall–Kier alpha value is -2.77. The molecule has 3 aromatic rings. The Bertz CT molecular complexity index is 1350. The smallest absolute Gasteiger partial charge is 0.258 e. The lowest BCUT2D eigenvalue weighted by molar-refractivity contribution is 0.102. The highest BCUT2D eigenvalue weighted by molar-refractivity contribution is 7.89. The van der Waals surface area contributed by atoms with Gasteiger partial charge in [-0.3, -0.25) is 10.1 Å². The number of aromatic nitrogens is 1. The Morgan fingerprint density at radius 2 is 1.97 bits per heavy atom.